The molecule has 2 N–H and O–H groups in total. The molecule has 28 heavy (non-hydrogen) atoms. The number of halogens is 6. The largest absolute Gasteiger partial charge is 0.417 e. The zero-order chi connectivity index (χ0) is 18.9. The fourth-order valence-electron chi connectivity index (χ4n) is 3.66. The highest BCUT2D eigenvalue weighted by molar-refractivity contribution is 6.33. The molecule has 1 aromatic rings. The average Bonchev–Trinajstić information content (AvgIpc) is 2.99. The number of piperazine rings is 1. The molecule has 160 valence electrons. The molecule has 0 bridgehead atoms. The first-order valence-electron chi connectivity index (χ1n) is 8.76. The summed E-state index contributed by atoms with van der Waals surface area (Å²) >= 11 is 6.00. The van der Waals surface area contributed by atoms with E-state index in [4.69, 9.17) is 17.3 Å². The lowest BCUT2D eigenvalue weighted by molar-refractivity contribution is -0.138. The Kier molecular flexibility index (Phi) is 9.12. The molecule has 2 heterocycles. The van der Waals surface area contributed by atoms with Crippen LogP contribution >= 0.6 is 36.4 Å². The van der Waals surface area contributed by atoms with Crippen molar-refractivity contribution in [2.24, 2.45) is 11.7 Å². The van der Waals surface area contributed by atoms with Crippen LogP contribution in [0.25, 0.3) is 0 Å². The maximum atomic E-state index is 12.7. The SMILES string of the molecule is Cl.Cl.N[C@@H]1CCC[C@H]1CC(=O)N1CCN(c2ncc(C(F)(F)F)cc2Cl)CC1. The second-order valence-electron chi connectivity index (χ2n) is 6.95. The Hall–Kier alpha value is -0.960. The van der Waals surface area contributed by atoms with Gasteiger partial charge in [0.05, 0.1) is 10.6 Å². The Labute approximate surface area is 179 Å². The Bertz CT molecular complexity index is 670. The molecule has 0 spiro atoms. The Morgan fingerprint density at radius 1 is 1.21 bits per heavy atom. The molecule has 1 saturated heterocycles. The van der Waals surface area contributed by atoms with Crippen LogP contribution in [0.3, 0.4) is 0 Å². The summed E-state index contributed by atoms with van der Waals surface area (Å²) in [5.41, 5.74) is 5.16. The van der Waals surface area contributed by atoms with E-state index in [1.165, 1.54) is 0 Å². The van der Waals surface area contributed by atoms with E-state index in [2.05, 4.69) is 4.98 Å². The number of rotatable bonds is 3. The van der Waals surface area contributed by atoms with Gasteiger partial charge in [-0.25, -0.2) is 4.98 Å². The van der Waals surface area contributed by atoms with Crippen LogP contribution in [0.1, 0.15) is 31.2 Å². The summed E-state index contributed by atoms with van der Waals surface area (Å²) in [7, 11) is 0. The third-order valence-corrected chi connectivity index (χ3v) is 5.51. The van der Waals surface area contributed by atoms with Crippen molar-refractivity contribution in [3.8, 4) is 0 Å². The first-order valence-corrected chi connectivity index (χ1v) is 9.14. The predicted molar refractivity (Wildman–Crippen MR) is 107 cm³/mol. The molecule has 0 unspecified atom stereocenters. The van der Waals surface area contributed by atoms with Crippen molar-refractivity contribution in [2.45, 2.75) is 37.9 Å². The topological polar surface area (TPSA) is 62.5 Å². The molecular formula is C17H24Cl3F3N4O. The fraction of sp³-hybridized carbons (Fsp3) is 0.647. The normalized spacial score (nSPS) is 22.5. The molecule has 1 aliphatic heterocycles. The number of hydrogen-bond acceptors (Lipinski definition) is 4. The van der Waals surface area contributed by atoms with Crippen molar-refractivity contribution in [3.63, 3.8) is 0 Å². The van der Waals surface area contributed by atoms with Gasteiger partial charge in [0.15, 0.2) is 0 Å². The summed E-state index contributed by atoms with van der Waals surface area (Å²) in [5, 5.41) is -0.0310. The van der Waals surface area contributed by atoms with E-state index in [0.717, 1.165) is 31.5 Å². The monoisotopic (exact) mass is 462 g/mol. The highest BCUT2D eigenvalue weighted by atomic mass is 35.5. The van der Waals surface area contributed by atoms with Crippen LogP contribution in [0.5, 0.6) is 0 Å². The number of hydrogen-bond donors (Lipinski definition) is 1. The highest BCUT2D eigenvalue weighted by Crippen LogP contribution is 2.34. The zero-order valence-corrected chi connectivity index (χ0v) is 17.5. The van der Waals surface area contributed by atoms with Crippen LogP contribution in [-0.2, 0) is 11.0 Å². The molecule has 1 aliphatic carbocycles. The van der Waals surface area contributed by atoms with Crippen molar-refractivity contribution in [1.29, 1.82) is 0 Å². The number of amides is 1. The van der Waals surface area contributed by atoms with Crippen LogP contribution in [0.15, 0.2) is 12.3 Å². The minimum absolute atomic E-state index is 0. The molecule has 3 rings (SSSR count). The van der Waals surface area contributed by atoms with Crippen molar-refractivity contribution in [1.82, 2.24) is 9.88 Å². The standard InChI is InChI=1S/C17H22ClF3N4O.2ClH/c18-13-9-12(17(19,20)21)10-23-16(13)25-6-4-24(5-7-25)15(26)8-11-2-1-3-14(11)22;;/h9-11,14H,1-8,22H2;2*1H/t11-,14+;;/m0../s1. The summed E-state index contributed by atoms with van der Waals surface area (Å²) in [6, 6.07) is 0.999. The minimum Gasteiger partial charge on any atom is -0.352 e. The van der Waals surface area contributed by atoms with Gasteiger partial charge in [-0.2, -0.15) is 13.2 Å². The summed E-state index contributed by atoms with van der Waals surface area (Å²) in [6.45, 7) is 1.97. The number of carbonyl (C=O) groups is 1. The van der Waals surface area contributed by atoms with Gasteiger partial charge >= 0.3 is 6.18 Å². The van der Waals surface area contributed by atoms with E-state index < -0.39 is 11.7 Å². The average molecular weight is 464 g/mol. The quantitative estimate of drug-likeness (QED) is 0.741. The van der Waals surface area contributed by atoms with Crippen LogP contribution in [0.4, 0.5) is 19.0 Å². The number of alkyl halides is 3. The van der Waals surface area contributed by atoms with Gasteiger partial charge in [0.25, 0.3) is 0 Å². The Morgan fingerprint density at radius 2 is 1.86 bits per heavy atom. The second-order valence-corrected chi connectivity index (χ2v) is 7.36. The van der Waals surface area contributed by atoms with E-state index >= 15 is 0 Å². The molecule has 1 amide bonds. The van der Waals surface area contributed by atoms with Crippen LogP contribution in [0.2, 0.25) is 5.02 Å². The maximum Gasteiger partial charge on any atom is 0.417 e. The molecule has 5 nitrogen and oxygen atoms in total. The number of pyridine rings is 1. The summed E-state index contributed by atoms with van der Waals surface area (Å²) < 4.78 is 38.1. The highest BCUT2D eigenvalue weighted by Gasteiger charge is 2.33. The smallest absolute Gasteiger partial charge is 0.352 e. The van der Waals surface area contributed by atoms with Crippen molar-refractivity contribution in [3.05, 3.63) is 22.8 Å². The van der Waals surface area contributed by atoms with E-state index in [9.17, 15) is 18.0 Å². The van der Waals surface area contributed by atoms with E-state index in [-0.39, 0.29) is 47.7 Å². The fourth-order valence-corrected chi connectivity index (χ4v) is 3.94. The van der Waals surface area contributed by atoms with E-state index in [1.807, 2.05) is 4.90 Å². The lowest BCUT2D eigenvalue weighted by Gasteiger charge is -2.36. The van der Waals surface area contributed by atoms with Gasteiger partial charge in [0.2, 0.25) is 5.91 Å². The van der Waals surface area contributed by atoms with Crippen molar-refractivity contribution < 1.29 is 18.0 Å². The molecule has 1 aromatic heterocycles. The number of anilines is 1. The predicted octanol–water partition coefficient (Wildman–Crippen LogP) is 3.76. The molecule has 2 fully saturated rings. The Balaban J connectivity index is 0.00000196. The van der Waals surface area contributed by atoms with Crippen LogP contribution in [0, 0.1) is 5.92 Å². The third kappa shape index (κ3) is 5.78. The number of nitrogens with two attached hydrogens (primary N) is 1. The first-order chi connectivity index (χ1) is 12.3. The van der Waals surface area contributed by atoms with Gasteiger partial charge in [-0.1, -0.05) is 18.0 Å². The van der Waals surface area contributed by atoms with Gasteiger partial charge in [-0.15, -0.1) is 24.8 Å². The van der Waals surface area contributed by atoms with E-state index in [0.29, 0.717) is 38.4 Å². The molecule has 2 aliphatic rings. The second kappa shape index (κ2) is 10.2. The summed E-state index contributed by atoms with van der Waals surface area (Å²) in [6.07, 6.45) is -0.158. The summed E-state index contributed by atoms with van der Waals surface area (Å²) in [4.78, 5) is 19.9. The lowest BCUT2D eigenvalue weighted by Crippen LogP contribution is -2.49. The van der Waals surface area contributed by atoms with Gasteiger partial charge in [-0.3, -0.25) is 4.79 Å². The third-order valence-electron chi connectivity index (χ3n) is 5.24. The number of carbonyl (C=O) groups excluding carboxylic acids is 1. The maximum absolute atomic E-state index is 12.7. The van der Waals surface area contributed by atoms with Crippen molar-refractivity contribution in [2.75, 3.05) is 31.1 Å². The van der Waals surface area contributed by atoms with Crippen LogP contribution < -0.4 is 10.6 Å². The molecule has 1 saturated carbocycles. The molecule has 2 atom stereocenters. The van der Waals surface area contributed by atoms with Gasteiger partial charge in [-0.05, 0) is 24.8 Å². The van der Waals surface area contributed by atoms with E-state index in [1.54, 1.807) is 4.90 Å². The summed E-state index contributed by atoms with van der Waals surface area (Å²) in [5.74, 6) is 0.676. The van der Waals surface area contributed by atoms with Gasteiger partial charge in [0, 0.05) is 44.8 Å². The number of nitrogens with zero attached hydrogens (tertiary/aromatic N) is 3. The first kappa shape index (κ1) is 25.1. The lowest BCUT2D eigenvalue weighted by atomic mass is 9.99. The van der Waals surface area contributed by atoms with Crippen molar-refractivity contribution >= 4 is 48.1 Å². The molecule has 11 heteroatoms. The molecule has 0 radical (unpaired) electrons. The minimum atomic E-state index is -4.47. The van der Waals surface area contributed by atoms with Crippen LogP contribution in [-0.4, -0.2) is 48.0 Å². The number of aromatic nitrogens is 1. The van der Waals surface area contributed by atoms with Gasteiger partial charge < -0.3 is 15.5 Å². The molecule has 0 aromatic carbocycles. The van der Waals surface area contributed by atoms with Gasteiger partial charge in [0.1, 0.15) is 5.82 Å². The zero-order valence-electron chi connectivity index (χ0n) is 15.1. The molecular weight excluding hydrogens is 440 g/mol. The Morgan fingerprint density at radius 3 is 2.36 bits per heavy atom.